The fourth-order valence-corrected chi connectivity index (χ4v) is 1.93. The number of rotatable bonds is 5. The van der Waals surface area contributed by atoms with Gasteiger partial charge >= 0.3 is 0 Å². The molecular formula is C11H19N3OS. The van der Waals surface area contributed by atoms with Gasteiger partial charge in [-0.3, -0.25) is 4.79 Å². The fraction of sp³-hybridized carbons (Fsp3) is 0.636. The predicted molar refractivity (Wildman–Crippen MR) is 68.0 cm³/mol. The highest BCUT2D eigenvalue weighted by Gasteiger charge is 2.08. The smallest absolute Gasteiger partial charge is 0.240 e. The first-order chi connectivity index (χ1) is 7.52. The molecule has 5 heteroatoms. The number of hydrogen-bond donors (Lipinski definition) is 2. The number of nitrogens with zero attached hydrogens (tertiary/aromatic N) is 1. The summed E-state index contributed by atoms with van der Waals surface area (Å²) >= 11 is 1.51. The lowest BCUT2D eigenvalue weighted by Crippen LogP contribution is -2.33. The Morgan fingerprint density at radius 1 is 1.50 bits per heavy atom. The van der Waals surface area contributed by atoms with Crippen molar-refractivity contribution in [3.8, 4) is 0 Å². The number of nitrogens with one attached hydrogen (secondary N) is 2. The maximum atomic E-state index is 11.5. The maximum absolute atomic E-state index is 11.5. The molecule has 1 heterocycles. The van der Waals surface area contributed by atoms with Crippen molar-refractivity contribution in [3.05, 3.63) is 10.6 Å². The number of anilines is 1. The van der Waals surface area contributed by atoms with E-state index in [1.165, 1.54) is 11.3 Å². The molecule has 0 aliphatic heterocycles. The van der Waals surface area contributed by atoms with Crippen LogP contribution in [0.15, 0.2) is 0 Å². The number of thiazole rings is 1. The predicted octanol–water partition coefficient (Wildman–Crippen LogP) is 2.09. The molecule has 0 aliphatic rings. The Labute approximate surface area is 100 Å². The molecule has 0 radical (unpaired) electrons. The number of aromatic nitrogens is 1. The van der Waals surface area contributed by atoms with Gasteiger partial charge in [0.15, 0.2) is 5.13 Å². The van der Waals surface area contributed by atoms with Gasteiger partial charge in [0.1, 0.15) is 0 Å². The summed E-state index contributed by atoms with van der Waals surface area (Å²) in [4.78, 5) is 16.9. The molecule has 0 fully saturated rings. The Balaban J connectivity index is 2.40. The van der Waals surface area contributed by atoms with E-state index in [4.69, 9.17) is 0 Å². The summed E-state index contributed by atoms with van der Waals surface area (Å²) in [6, 6.07) is 0.366. The van der Waals surface area contributed by atoms with E-state index in [0.29, 0.717) is 17.7 Å². The van der Waals surface area contributed by atoms with Crippen LogP contribution >= 0.6 is 11.3 Å². The molecular weight excluding hydrogens is 222 g/mol. The molecule has 1 rings (SSSR count). The van der Waals surface area contributed by atoms with E-state index < -0.39 is 0 Å². The van der Waals surface area contributed by atoms with Gasteiger partial charge in [0.2, 0.25) is 5.91 Å². The average molecular weight is 241 g/mol. The lowest BCUT2D eigenvalue weighted by atomic mass is 10.2. The first-order valence-electron chi connectivity index (χ1n) is 5.50. The second kappa shape index (κ2) is 5.96. The van der Waals surface area contributed by atoms with Crippen LogP contribution in [0.2, 0.25) is 0 Å². The highest BCUT2D eigenvalue weighted by Crippen LogP contribution is 2.20. The summed E-state index contributed by atoms with van der Waals surface area (Å²) in [5.74, 6) is -0.0333. The van der Waals surface area contributed by atoms with Crippen LogP contribution in [0.4, 0.5) is 5.13 Å². The van der Waals surface area contributed by atoms with Crippen LogP contribution in [0, 0.1) is 13.8 Å². The van der Waals surface area contributed by atoms with Crippen molar-refractivity contribution in [2.45, 2.75) is 40.2 Å². The first-order valence-corrected chi connectivity index (χ1v) is 6.31. The zero-order valence-electron chi connectivity index (χ0n) is 10.3. The van der Waals surface area contributed by atoms with Gasteiger partial charge in [0.05, 0.1) is 12.2 Å². The SMILES string of the molecule is CCC(C)NCC(=O)Nc1nc(C)c(C)s1. The number of carbonyl (C=O) groups is 1. The monoisotopic (exact) mass is 241 g/mol. The summed E-state index contributed by atoms with van der Waals surface area (Å²) in [7, 11) is 0. The Hall–Kier alpha value is -0.940. The van der Waals surface area contributed by atoms with E-state index in [0.717, 1.165) is 17.0 Å². The molecule has 1 aromatic rings. The van der Waals surface area contributed by atoms with E-state index in [9.17, 15) is 4.79 Å². The summed E-state index contributed by atoms with van der Waals surface area (Å²) in [5, 5.41) is 6.61. The second-order valence-corrected chi connectivity index (χ2v) is 5.10. The molecule has 0 bridgehead atoms. The molecule has 0 aliphatic carbocycles. The van der Waals surface area contributed by atoms with Gasteiger partial charge in [-0.25, -0.2) is 4.98 Å². The van der Waals surface area contributed by atoms with Gasteiger partial charge in [-0.05, 0) is 27.2 Å². The lowest BCUT2D eigenvalue weighted by Gasteiger charge is -2.09. The summed E-state index contributed by atoms with van der Waals surface area (Å²) in [5.41, 5.74) is 0.982. The second-order valence-electron chi connectivity index (χ2n) is 3.90. The minimum absolute atomic E-state index is 0.0333. The molecule has 16 heavy (non-hydrogen) atoms. The molecule has 0 spiro atoms. The van der Waals surface area contributed by atoms with Crippen molar-refractivity contribution in [1.29, 1.82) is 0 Å². The third-order valence-corrected chi connectivity index (χ3v) is 3.49. The highest BCUT2D eigenvalue weighted by atomic mass is 32.1. The number of amides is 1. The van der Waals surface area contributed by atoms with Crippen molar-refractivity contribution >= 4 is 22.4 Å². The van der Waals surface area contributed by atoms with Crippen LogP contribution in [-0.4, -0.2) is 23.5 Å². The molecule has 1 atom stereocenters. The normalized spacial score (nSPS) is 12.5. The molecule has 1 unspecified atom stereocenters. The van der Waals surface area contributed by atoms with Crippen LogP contribution in [0.5, 0.6) is 0 Å². The Morgan fingerprint density at radius 2 is 2.19 bits per heavy atom. The molecule has 1 amide bonds. The standard InChI is InChI=1S/C11H19N3OS/c1-5-7(2)12-6-10(15)14-11-13-8(3)9(4)16-11/h7,12H,5-6H2,1-4H3,(H,13,14,15). The topological polar surface area (TPSA) is 54.0 Å². The Kier molecular flexibility index (Phi) is 4.89. The number of hydrogen-bond acceptors (Lipinski definition) is 4. The van der Waals surface area contributed by atoms with E-state index in [1.807, 2.05) is 13.8 Å². The summed E-state index contributed by atoms with van der Waals surface area (Å²) in [6.07, 6.45) is 1.02. The summed E-state index contributed by atoms with van der Waals surface area (Å²) in [6.45, 7) is 8.43. The zero-order chi connectivity index (χ0) is 12.1. The maximum Gasteiger partial charge on any atom is 0.240 e. The number of aryl methyl sites for hydroxylation is 2. The molecule has 2 N–H and O–H groups in total. The minimum Gasteiger partial charge on any atom is -0.306 e. The third-order valence-electron chi connectivity index (χ3n) is 2.50. The summed E-state index contributed by atoms with van der Waals surface area (Å²) < 4.78 is 0. The molecule has 0 saturated heterocycles. The van der Waals surface area contributed by atoms with Crippen molar-refractivity contribution in [3.63, 3.8) is 0 Å². The fourth-order valence-electron chi connectivity index (χ4n) is 1.10. The zero-order valence-corrected chi connectivity index (χ0v) is 11.1. The average Bonchev–Trinajstić information content (AvgIpc) is 2.54. The van der Waals surface area contributed by atoms with Gasteiger partial charge < -0.3 is 10.6 Å². The van der Waals surface area contributed by atoms with Crippen molar-refractivity contribution in [2.24, 2.45) is 0 Å². The minimum atomic E-state index is -0.0333. The molecule has 0 saturated carbocycles. The molecule has 0 aromatic carbocycles. The van der Waals surface area contributed by atoms with Gasteiger partial charge in [-0.1, -0.05) is 6.92 Å². The van der Waals surface area contributed by atoms with Gasteiger partial charge in [-0.2, -0.15) is 0 Å². The van der Waals surface area contributed by atoms with Gasteiger partial charge in [0, 0.05) is 10.9 Å². The third kappa shape index (κ3) is 3.90. The van der Waals surface area contributed by atoms with Crippen LogP contribution in [0.3, 0.4) is 0 Å². The van der Waals surface area contributed by atoms with E-state index in [1.54, 1.807) is 0 Å². The van der Waals surface area contributed by atoms with E-state index in [-0.39, 0.29) is 5.91 Å². The van der Waals surface area contributed by atoms with Crippen LogP contribution in [-0.2, 0) is 4.79 Å². The largest absolute Gasteiger partial charge is 0.306 e. The Morgan fingerprint density at radius 3 is 2.69 bits per heavy atom. The quantitative estimate of drug-likeness (QED) is 0.830. The Bertz CT molecular complexity index is 343. The molecule has 90 valence electrons. The highest BCUT2D eigenvalue weighted by molar-refractivity contribution is 7.15. The van der Waals surface area contributed by atoms with E-state index >= 15 is 0 Å². The van der Waals surface area contributed by atoms with Gasteiger partial charge in [0.25, 0.3) is 0 Å². The lowest BCUT2D eigenvalue weighted by molar-refractivity contribution is -0.115. The van der Waals surface area contributed by atoms with Crippen molar-refractivity contribution in [1.82, 2.24) is 10.3 Å². The number of carbonyl (C=O) groups excluding carboxylic acids is 1. The van der Waals surface area contributed by atoms with Crippen molar-refractivity contribution in [2.75, 3.05) is 11.9 Å². The van der Waals surface area contributed by atoms with Gasteiger partial charge in [-0.15, -0.1) is 11.3 Å². The van der Waals surface area contributed by atoms with Crippen LogP contribution in [0.1, 0.15) is 30.8 Å². The van der Waals surface area contributed by atoms with Crippen LogP contribution < -0.4 is 10.6 Å². The molecule has 4 nitrogen and oxygen atoms in total. The molecule has 1 aromatic heterocycles. The van der Waals surface area contributed by atoms with Crippen LogP contribution in [0.25, 0.3) is 0 Å². The first kappa shape index (κ1) is 13.1. The van der Waals surface area contributed by atoms with E-state index in [2.05, 4.69) is 29.5 Å². The van der Waals surface area contributed by atoms with Crippen molar-refractivity contribution < 1.29 is 4.79 Å².